The molecule has 0 radical (unpaired) electrons. The lowest BCUT2D eigenvalue weighted by atomic mass is 10.2. The summed E-state index contributed by atoms with van der Waals surface area (Å²) in [5.41, 5.74) is 3.40. The van der Waals surface area contributed by atoms with Crippen molar-refractivity contribution >= 4 is 63.0 Å². The number of carbonyl (C=O) groups is 1. The van der Waals surface area contributed by atoms with Crippen molar-refractivity contribution in [2.24, 2.45) is 0 Å². The van der Waals surface area contributed by atoms with E-state index >= 15 is 0 Å². The van der Waals surface area contributed by atoms with Gasteiger partial charge in [0.05, 0.1) is 18.0 Å². The van der Waals surface area contributed by atoms with Gasteiger partial charge in [-0.2, -0.15) is 0 Å². The third-order valence-electron chi connectivity index (χ3n) is 5.21. The van der Waals surface area contributed by atoms with Gasteiger partial charge in [0.25, 0.3) is 0 Å². The molecule has 8 heteroatoms. The average Bonchev–Trinajstić information content (AvgIpc) is 3.31. The van der Waals surface area contributed by atoms with Gasteiger partial charge in [-0.1, -0.05) is 31.2 Å². The van der Waals surface area contributed by atoms with Crippen LogP contribution in [-0.2, 0) is 4.79 Å². The molecule has 34 heavy (non-hydrogen) atoms. The van der Waals surface area contributed by atoms with Gasteiger partial charge in [0.15, 0.2) is 5.11 Å². The van der Waals surface area contributed by atoms with Crippen LogP contribution in [-0.4, -0.2) is 28.4 Å². The Labute approximate surface area is 208 Å². The molecule has 1 atom stereocenters. The number of carbonyl (C=O) groups excluding carboxylic acids is 1. The van der Waals surface area contributed by atoms with E-state index in [1.807, 2.05) is 85.9 Å². The predicted octanol–water partition coefficient (Wildman–Crippen LogP) is 6.49. The van der Waals surface area contributed by atoms with Crippen LogP contribution in [0.2, 0.25) is 0 Å². The zero-order chi connectivity index (χ0) is 23.9. The van der Waals surface area contributed by atoms with E-state index in [1.165, 1.54) is 11.8 Å². The van der Waals surface area contributed by atoms with Crippen molar-refractivity contribution in [3.8, 4) is 5.75 Å². The lowest BCUT2D eigenvalue weighted by molar-refractivity contribution is -0.115. The highest BCUT2D eigenvalue weighted by atomic mass is 32.2. The minimum Gasteiger partial charge on any atom is -0.495 e. The number of aromatic nitrogens is 1. The fraction of sp³-hybridized carbons (Fsp3) is 0.154. The molecule has 0 bridgehead atoms. The quantitative estimate of drug-likeness (QED) is 0.167. The van der Waals surface area contributed by atoms with Crippen molar-refractivity contribution in [1.82, 2.24) is 4.98 Å². The van der Waals surface area contributed by atoms with Crippen LogP contribution in [0.4, 0.5) is 17.1 Å². The van der Waals surface area contributed by atoms with E-state index in [1.54, 1.807) is 7.11 Å². The molecular weight excluding hydrogens is 464 g/mol. The number of nitrogens with one attached hydrogen (secondary N) is 4. The number of fused-ring (bicyclic) bond motifs is 1. The molecular formula is C26H26N4O2S2. The van der Waals surface area contributed by atoms with Gasteiger partial charge in [-0.3, -0.25) is 4.79 Å². The molecule has 0 saturated carbocycles. The topological polar surface area (TPSA) is 78.2 Å². The smallest absolute Gasteiger partial charge is 0.237 e. The third kappa shape index (κ3) is 5.89. The number of benzene rings is 3. The van der Waals surface area contributed by atoms with Crippen LogP contribution < -0.4 is 20.7 Å². The number of hydrogen-bond donors (Lipinski definition) is 4. The number of aromatic amines is 1. The molecule has 1 aromatic heterocycles. The molecule has 0 saturated heterocycles. The first-order valence-electron chi connectivity index (χ1n) is 10.9. The van der Waals surface area contributed by atoms with Crippen molar-refractivity contribution in [3.63, 3.8) is 0 Å². The first kappa shape index (κ1) is 23.7. The number of hydrogen-bond acceptors (Lipinski definition) is 4. The summed E-state index contributed by atoms with van der Waals surface area (Å²) in [6.07, 6.45) is 2.59. The Morgan fingerprint density at radius 2 is 1.82 bits per heavy atom. The molecule has 0 aliphatic rings. The van der Waals surface area contributed by atoms with E-state index in [4.69, 9.17) is 17.0 Å². The molecule has 0 spiro atoms. The van der Waals surface area contributed by atoms with E-state index < -0.39 is 0 Å². The Morgan fingerprint density at radius 1 is 1.00 bits per heavy atom. The molecule has 6 nitrogen and oxygen atoms in total. The van der Waals surface area contributed by atoms with Crippen molar-refractivity contribution in [2.75, 3.05) is 23.1 Å². The SMILES string of the molecule is CCC(Sc1cccc(NC(=S)Nc2ccccc2OC)c1)C(=O)Nc1ccc2cc[nH]c2c1. The fourth-order valence-electron chi connectivity index (χ4n) is 3.51. The normalized spacial score (nSPS) is 11.6. The highest BCUT2D eigenvalue weighted by Crippen LogP contribution is 2.29. The maximum Gasteiger partial charge on any atom is 0.237 e. The highest BCUT2D eigenvalue weighted by molar-refractivity contribution is 8.00. The maximum absolute atomic E-state index is 12.9. The monoisotopic (exact) mass is 490 g/mol. The van der Waals surface area contributed by atoms with Gasteiger partial charge in [-0.05, 0) is 72.6 Å². The van der Waals surface area contributed by atoms with Gasteiger partial charge in [-0.15, -0.1) is 11.8 Å². The molecule has 4 N–H and O–H groups in total. The van der Waals surface area contributed by atoms with Gasteiger partial charge in [0.2, 0.25) is 5.91 Å². The summed E-state index contributed by atoms with van der Waals surface area (Å²) in [4.78, 5) is 17.1. The molecule has 0 fully saturated rings. The van der Waals surface area contributed by atoms with E-state index in [9.17, 15) is 4.79 Å². The summed E-state index contributed by atoms with van der Waals surface area (Å²) in [5.74, 6) is 0.688. The highest BCUT2D eigenvalue weighted by Gasteiger charge is 2.18. The van der Waals surface area contributed by atoms with Gasteiger partial charge in [0, 0.05) is 28.0 Å². The summed E-state index contributed by atoms with van der Waals surface area (Å²) >= 11 is 7.00. The van der Waals surface area contributed by atoms with Crippen molar-refractivity contribution in [1.29, 1.82) is 0 Å². The molecule has 1 amide bonds. The third-order valence-corrected chi connectivity index (χ3v) is 6.77. The van der Waals surface area contributed by atoms with Gasteiger partial charge < -0.3 is 25.7 Å². The maximum atomic E-state index is 12.9. The number of ether oxygens (including phenoxy) is 1. The Hall–Kier alpha value is -3.49. The Bertz CT molecular complexity index is 1300. The average molecular weight is 491 g/mol. The van der Waals surface area contributed by atoms with Crippen LogP contribution >= 0.6 is 24.0 Å². The molecule has 4 aromatic rings. The minimum absolute atomic E-state index is 0.0230. The van der Waals surface area contributed by atoms with Crippen LogP contribution in [0.25, 0.3) is 10.9 Å². The Morgan fingerprint density at radius 3 is 2.65 bits per heavy atom. The number of rotatable bonds is 8. The summed E-state index contributed by atoms with van der Waals surface area (Å²) in [6, 6.07) is 23.3. The largest absolute Gasteiger partial charge is 0.495 e. The number of para-hydroxylation sites is 2. The Kier molecular flexibility index (Phi) is 7.72. The van der Waals surface area contributed by atoms with Crippen molar-refractivity contribution < 1.29 is 9.53 Å². The van der Waals surface area contributed by atoms with E-state index in [0.29, 0.717) is 17.3 Å². The zero-order valence-corrected chi connectivity index (χ0v) is 20.6. The first-order valence-corrected chi connectivity index (χ1v) is 12.2. The summed E-state index contributed by atoms with van der Waals surface area (Å²) < 4.78 is 5.36. The van der Waals surface area contributed by atoms with E-state index in [2.05, 4.69) is 20.9 Å². The van der Waals surface area contributed by atoms with Crippen molar-refractivity contribution in [3.05, 3.63) is 79.0 Å². The summed E-state index contributed by atoms with van der Waals surface area (Å²) in [6.45, 7) is 2.01. The molecule has 174 valence electrons. The van der Waals surface area contributed by atoms with Crippen molar-refractivity contribution in [2.45, 2.75) is 23.5 Å². The molecule has 3 aromatic carbocycles. The molecule has 4 rings (SSSR count). The number of thiocarbonyl (C=S) groups is 1. The zero-order valence-electron chi connectivity index (χ0n) is 18.9. The summed E-state index contributed by atoms with van der Waals surface area (Å²) in [7, 11) is 1.62. The van der Waals surface area contributed by atoms with Crippen LogP contribution in [0.5, 0.6) is 5.75 Å². The predicted molar refractivity (Wildman–Crippen MR) is 146 cm³/mol. The second kappa shape index (κ2) is 11.1. The standard InChI is InChI=1S/C26H26N4O2S2/c1-3-24(25(31)28-19-12-11-17-13-14-27-22(17)16-19)34-20-8-6-7-18(15-20)29-26(33)30-21-9-4-5-10-23(21)32-2/h4-16,24,27H,3H2,1-2H3,(H,28,31)(H2,29,30,33). The number of thioether (sulfide) groups is 1. The van der Waals surface area contributed by atoms with Crippen LogP contribution in [0, 0.1) is 0 Å². The summed E-state index contributed by atoms with van der Waals surface area (Å²) in [5, 5.41) is 10.7. The minimum atomic E-state index is -0.228. The van der Waals surface area contributed by atoms with Crippen LogP contribution in [0.1, 0.15) is 13.3 Å². The fourth-order valence-corrected chi connectivity index (χ4v) is 4.76. The second-order valence-electron chi connectivity index (χ2n) is 7.59. The molecule has 1 unspecified atom stereocenters. The first-order chi connectivity index (χ1) is 16.6. The number of anilines is 3. The molecule has 0 aliphatic heterocycles. The van der Waals surface area contributed by atoms with Gasteiger partial charge in [-0.25, -0.2) is 0 Å². The number of H-pyrrole nitrogens is 1. The number of amides is 1. The van der Waals surface area contributed by atoms with E-state index in [-0.39, 0.29) is 11.2 Å². The Balaban J connectivity index is 1.38. The van der Waals surface area contributed by atoms with Gasteiger partial charge >= 0.3 is 0 Å². The lowest BCUT2D eigenvalue weighted by Gasteiger charge is -2.16. The van der Waals surface area contributed by atoms with Crippen LogP contribution in [0.3, 0.4) is 0 Å². The molecule has 0 aliphatic carbocycles. The molecule has 1 heterocycles. The van der Waals surface area contributed by atoms with Crippen LogP contribution in [0.15, 0.2) is 83.9 Å². The number of methoxy groups -OCH3 is 1. The van der Waals surface area contributed by atoms with Gasteiger partial charge in [0.1, 0.15) is 5.75 Å². The lowest BCUT2D eigenvalue weighted by Crippen LogP contribution is -2.24. The second-order valence-corrected chi connectivity index (χ2v) is 9.28. The van der Waals surface area contributed by atoms with E-state index in [0.717, 1.165) is 32.9 Å².